The van der Waals surface area contributed by atoms with Crippen LogP contribution in [0.3, 0.4) is 0 Å². The fourth-order valence-electron chi connectivity index (χ4n) is 3.19. The average Bonchev–Trinajstić information content (AvgIpc) is 2.39. The van der Waals surface area contributed by atoms with E-state index in [0.29, 0.717) is 17.0 Å². The zero-order valence-corrected chi connectivity index (χ0v) is 11.8. The molecule has 0 aromatic heterocycles. The maximum absolute atomic E-state index is 14.1. The van der Waals surface area contributed by atoms with Gasteiger partial charge < -0.3 is 5.73 Å². The minimum Gasteiger partial charge on any atom is -0.321 e. The number of halogens is 2. The summed E-state index contributed by atoms with van der Waals surface area (Å²) in [4.78, 5) is 0. The number of hydrogen-bond donors (Lipinski definition) is 1. The zero-order valence-electron chi connectivity index (χ0n) is 11.8. The largest absolute Gasteiger partial charge is 0.321 e. The van der Waals surface area contributed by atoms with E-state index in [-0.39, 0.29) is 0 Å². The molecule has 3 heteroatoms. The summed E-state index contributed by atoms with van der Waals surface area (Å²) in [5, 5.41) is 0. The number of rotatable bonds is 3. The first-order valence-corrected chi connectivity index (χ1v) is 7.22. The van der Waals surface area contributed by atoms with Gasteiger partial charge in [0.1, 0.15) is 0 Å². The minimum absolute atomic E-state index is 0.338. The van der Waals surface area contributed by atoms with Crippen molar-refractivity contribution in [3.05, 3.63) is 34.9 Å². The quantitative estimate of drug-likeness (QED) is 0.862. The van der Waals surface area contributed by atoms with Crippen LogP contribution in [0.15, 0.2) is 12.1 Å². The summed E-state index contributed by atoms with van der Waals surface area (Å²) in [6.45, 7) is 3.75. The Morgan fingerprint density at radius 2 is 1.84 bits per heavy atom. The van der Waals surface area contributed by atoms with Gasteiger partial charge >= 0.3 is 0 Å². The molecule has 0 saturated heterocycles. The third-order valence-electron chi connectivity index (χ3n) is 4.51. The number of nitrogens with two attached hydrogens (primary N) is 1. The molecule has 1 aromatic carbocycles. The van der Waals surface area contributed by atoms with E-state index in [9.17, 15) is 8.78 Å². The number of benzene rings is 1. The Kier molecular flexibility index (Phi) is 4.24. The SMILES string of the molecule is CCCC1CCC(N)(c2ccc(C)c(F)c2F)CC1. The average molecular weight is 267 g/mol. The summed E-state index contributed by atoms with van der Waals surface area (Å²) in [6, 6.07) is 3.29. The van der Waals surface area contributed by atoms with E-state index in [0.717, 1.165) is 25.7 Å². The molecule has 0 amide bonds. The summed E-state index contributed by atoms with van der Waals surface area (Å²) >= 11 is 0. The van der Waals surface area contributed by atoms with Gasteiger partial charge in [-0.25, -0.2) is 8.78 Å². The Morgan fingerprint density at radius 1 is 1.21 bits per heavy atom. The van der Waals surface area contributed by atoms with Crippen LogP contribution >= 0.6 is 0 Å². The van der Waals surface area contributed by atoms with Crippen LogP contribution in [-0.2, 0) is 5.54 Å². The highest BCUT2D eigenvalue weighted by Gasteiger charge is 2.35. The van der Waals surface area contributed by atoms with Gasteiger partial charge in [0.2, 0.25) is 0 Å². The standard InChI is InChI=1S/C16H23F2N/c1-3-4-12-7-9-16(19,10-8-12)13-6-5-11(2)14(17)15(13)18/h5-6,12H,3-4,7-10,19H2,1-2H3. The van der Waals surface area contributed by atoms with E-state index in [1.54, 1.807) is 19.1 Å². The molecule has 0 unspecified atom stereocenters. The molecule has 0 heterocycles. The van der Waals surface area contributed by atoms with Gasteiger partial charge in [-0.3, -0.25) is 0 Å². The molecule has 1 nitrogen and oxygen atoms in total. The van der Waals surface area contributed by atoms with Gasteiger partial charge in [-0.1, -0.05) is 31.9 Å². The second-order valence-corrected chi connectivity index (χ2v) is 5.95. The lowest BCUT2D eigenvalue weighted by Gasteiger charge is -2.38. The van der Waals surface area contributed by atoms with Crippen LogP contribution in [0, 0.1) is 24.5 Å². The van der Waals surface area contributed by atoms with Crippen LogP contribution in [0.2, 0.25) is 0 Å². The minimum atomic E-state index is -0.753. The van der Waals surface area contributed by atoms with Crippen LogP contribution < -0.4 is 5.73 Å². The molecular weight excluding hydrogens is 244 g/mol. The highest BCUT2D eigenvalue weighted by Crippen LogP contribution is 2.40. The smallest absolute Gasteiger partial charge is 0.164 e. The Morgan fingerprint density at radius 3 is 2.42 bits per heavy atom. The molecule has 2 N–H and O–H groups in total. The van der Waals surface area contributed by atoms with Gasteiger partial charge in [0, 0.05) is 11.1 Å². The lowest BCUT2D eigenvalue weighted by Crippen LogP contribution is -2.41. The second kappa shape index (κ2) is 5.58. The van der Waals surface area contributed by atoms with Gasteiger partial charge in [0.15, 0.2) is 11.6 Å². The summed E-state index contributed by atoms with van der Waals surface area (Å²) in [6.07, 6.45) is 5.91. The molecule has 0 spiro atoms. The first-order valence-electron chi connectivity index (χ1n) is 7.22. The maximum atomic E-state index is 14.1. The van der Waals surface area contributed by atoms with E-state index in [1.807, 2.05) is 0 Å². The van der Waals surface area contributed by atoms with E-state index in [4.69, 9.17) is 5.73 Å². The van der Waals surface area contributed by atoms with Crippen LogP contribution in [-0.4, -0.2) is 0 Å². The molecule has 1 aliphatic carbocycles. The fraction of sp³-hybridized carbons (Fsp3) is 0.625. The van der Waals surface area contributed by atoms with E-state index in [2.05, 4.69) is 6.92 Å². The zero-order chi connectivity index (χ0) is 14.0. The first kappa shape index (κ1) is 14.4. The predicted molar refractivity (Wildman–Crippen MR) is 73.8 cm³/mol. The topological polar surface area (TPSA) is 26.0 Å². The van der Waals surface area contributed by atoms with Crippen LogP contribution in [0.25, 0.3) is 0 Å². The maximum Gasteiger partial charge on any atom is 0.164 e. The van der Waals surface area contributed by atoms with Crippen molar-refractivity contribution in [2.24, 2.45) is 11.7 Å². The van der Waals surface area contributed by atoms with Crippen molar-refractivity contribution in [2.45, 2.75) is 57.9 Å². The van der Waals surface area contributed by atoms with Crippen molar-refractivity contribution in [1.82, 2.24) is 0 Å². The molecule has 0 bridgehead atoms. The van der Waals surface area contributed by atoms with Gasteiger partial charge in [0.05, 0.1) is 0 Å². The molecule has 1 fully saturated rings. The monoisotopic (exact) mass is 267 g/mol. The molecule has 106 valence electrons. The second-order valence-electron chi connectivity index (χ2n) is 5.95. The molecule has 1 aromatic rings. The van der Waals surface area contributed by atoms with Crippen molar-refractivity contribution in [3.63, 3.8) is 0 Å². The highest BCUT2D eigenvalue weighted by molar-refractivity contribution is 5.31. The fourth-order valence-corrected chi connectivity index (χ4v) is 3.19. The Labute approximate surface area is 114 Å². The van der Waals surface area contributed by atoms with Gasteiger partial charge in [-0.05, 0) is 44.1 Å². The van der Waals surface area contributed by atoms with E-state index >= 15 is 0 Å². The molecule has 19 heavy (non-hydrogen) atoms. The van der Waals surface area contributed by atoms with Gasteiger partial charge in [-0.15, -0.1) is 0 Å². The molecule has 0 radical (unpaired) electrons. The van der Waals surface area contributed by atoms with E-state index in [1.165, 1.54) is 12.8 Å². The third kappa shape index (κ3) is 2.81. The van der Waals surface area contributed by atoms with Crippen LogP contribution in [0.5, 0.6) is 0 Å². The molecule has 2 rings (SSSR count). The summed E-state index contributed by atoms with van der Waals surface area (Å²) in [5.74, 6) is -0.811. The normalized spacial score (nSPS) is 27.5. The van der Waals surface area contributed by atoms with Gasteiger partial charge in [0.25, 0.3) is 0 Å². The molecule has 0 atom stereocenters. The number of aryl methyl sites for hydroxylation is 1. The Bertz CT molecular complexity index is 448. The predicted octanol–water partition coefficient (Wildman–Crippen LogP) is 4.42. The van der Waals surface area contributed by atoms with Crippen molar-refractivity contribution in [1.29, 1.82) is 0 Å². The lowest BCUT2D eigenvalue weighted by molar-refractivity contribution is 0.220. The van der Waals surface area contributed by atoms with Crippen molar-refractivity contribution in [3.8, 4) is 0 Å². The summed E-state index contributed by atoms with van der Waals surface area (Å²) in [7, 11) is 0. The van der Waals surface area contributed by atoms with Gasteiger partial charge in [-0.2, -0.15) is 0 Å². The Balaban J connectivity index is 2.20. The van der Waals surface area contributed by atoms with Crippen LogP contribution in [0.4, 0.5) is 8.78 Å². The van der Waals surface area contributed by atoms with Crippen molar-refractivity contribution < 1.29 is 8.78 Å². The molecule has 0 aliphatic heterocycles. The Hall–Kier alpha value is -0.960. The van der Waals surface area contributed by atoms with E-state index < -0.39 is 17.2 Å². The van der Waals surface area contributed by atoms with Crippen molar-refractivity contribution in [2.75, 3.05) is 0 Å². The molecular formula is C16H23F2N. The third-order valence-corrected chi connectivity index (χ3v) is 4.51. The highest BCUT2D eigenvalue weighted by atomic mass is 19.2. The van der Waals surface area contributed by atoms with Crippen LogP contribution in [0.1, 0.15) is 56.6 Å². The summed E-state index contributed by atoms with van der Waals surface area (Å²) in [5.41, 5.74) is 6.35. The van der Waals surface area contributed by atoms with Crippen molar-refractivity contribution >= 4 is 0 Å². The molecule has 1 saturated carbocycles. The first-order chi connectivity index (χ1) is 8.98. The summed E-state index contributed by atoms with van der Waals surface area (Å²) < 4.78 is 27.8. The molecule has 1 aliphatic rings. The number of hydrogen-bond acceptors (Lipinski definition) is 1. The lowest BCUT2D eigenvalue weighted by atomic mass is 9.72.